The highest BCUT2D eigenvalue weighted by Gasteiger charge is 2.25. The van der Waals surface area contributed by atoms with Crippen LogP contribution in [0.2, 0.25) is 0 Å². The first kappa shape index (κ1) is 21.7. The number of nitrogens with zero attached hydrogens (tertiary/aromatic N) is 3. The summed E-state index contributed by atoms with van der Waals surface area (Å²) in [6.45, 7) is 6.37. The third-order valence-corrected chi connectivity index (χ3v) is 7.92. The number of aliphatic imine (C=N–C) groups is 1. The number of benzene rings is 1. The van der Waals surface area contributed by atoms with Crippen molar-refractivity contribution in [2.75, 3.05) is 20.1 Å². The highest BCUT2D eigenvalue weighted by molar-refractivity contribution is 7.89. The van der Waals surface area contributed by atoms with Gasteiger partial charge in [-0.1, -0.05) is 18.6 Å². The average molecular weight is 436 g/mol. The van der Waals surface area contributed by atoms with Gasteiger partial charge in [-0.05, 0) is 44.4 Å². The van der Waals surface area contributed by atoms with E-state index in [9.17, 15) is 8.42 Å². The second-order valence-electron chi connectivity index (χ2n) is 7.13. The number of nitrogens with one attached hydrogen (secondary N) is 2. The SMILES string of the molecule is CN=C(NCc1cccc(S(=O)(=O)N2CCCCC2)c1)NCc1sc(C)nc1C. The molecule has 2 heterocycles. The van der Waals surface area contributed by atoms with E-state index in [1.54, 1.807) is 40.9 Å². The molecule has 0 radical (unpaired) electrons. The molecule has 0 unspecified atom stereocenters. The van der Waals surface area contributed by atoms with Crippen molar-refractivity contribution in [3.8, 4) is 0 Å². The number of hydrogen-bond acceptors (Lipinski definition) is 5. The van der Waals surface area contributed by atoms with Gasteiger partial charge in [0.2, 0.25) is 10.0 Å². The van der Waals surface area contributed by atoms with Crippen molar-refractivity contribution < 1.29 is 8.42 Å². The summed E-state index contributed by atoms with van der Waals surface area (Å²) >= 11 is 1.67. The van der Waals surface area contributed by atoms with Crippen molar-refractivity contribution in [1.82, 2.24) is 19.9 Å². The van der Waals surface area contributed by atoms with Crippen molar-refractivity contribution in [3.63, 3.8) is 0 Å². The van der Waals surface area contributed by atoms with Crippen molar-refractivity contribution >= 4 is 27.3 Å². The second-order valence-corrected chi connectivity index (χ2v) is 10.4. The summed E-state index contributed by atoms with van der Waals surface area (Å²) in [6.07, 6.45) is 2.96. The lowest BCUT2D eigenvalue weighted by Crippen LogP contribution is -2.36. The van der Waals surface area contributed by atoms with Crippen LogP contribution < -0.4 is 10.6 Å². The molecule has 1 fully saturated rings. The summed E-state index contributed by atoms with van der Waals surface area (Å²) < 4.78 is 27.4. The lowest BCUT2D eigenvalue weighted by molar-refractivity contribution is 0.346. The van der Waals surface area contributed by atoms with E-state index in [1.807, 2.05) is 19.9 Å². The fourth-order valence-electron chi connectivity index (χ4n) is 3.38. The molecule has 9 heteroatoms. The van der Waals surface area contributed by atoms with E-state index in [4.69, 9.17) is 0 Å². The van der Waals surface area contributed by atoms with Crippen LogP contribution in [-0.2, 0) is 23.1 Å². The molecule has 2 aromatic rings. The number of aryl methyl sites for hydroxylation is 2. The van der Waals surface area contributed by atoms with E-state index in [2.05, 4.69) is 20.6 Å². The smallest absolute Gasteiger partial charge is 0.243 e. The molecule has 0 atom stereocenters. The number of hydrogen-bond donors (Lipinski definition) is 2. The summed E-state index contributed by atoms with van der Waals surface area (Å²) in [6, 6.07) is 7.15. The van der Waals surface area contributed by atoms with Crippen LogP contribution in [0.3, 0.4) is 0 Å². The van der Waals surface area contributed by atoms with Crippen LogP contribution in [0.1, 0.15) is 40.4 Å². The highest BCUT2D eigenvalue weighted by Crippen LogP contribution is 2.21. The maximum absolute atomic E-state index is 12.9. The van der Waals surface area contributed by atoms with Gasteiger partial charge >= 0.3 is 0 Å². The first-order valence-electron chi connectivity index (χ1n) is 9.86. The van der Waals surface area contributed by atoms with Crippen LogP contribution in [0.5, 0.6) is 0 Å². The molecule has 3 rings (SSSR count). The number of sulfonamides is 1. The minimum absolute atomic E-state index is 0.359. The zero-order chi connectivity index (χ0) is 20.9. The van der Waals surface area contributed by atoms with Gasteiger partial charge in [-0.25, -0.2) is 13.4 Å². The molecule has 2 N–H and O–H groups in total. The quantitative estimate of drug-likeness (QED) is 0.538. The maximum Gasteiger partial charge on any atom is 0.243 e. The average Bonchev–Trinajstić information content (AvgIpc) is 3.06. The van der Waals surface area contributed by atoms with Crippen molar-refractivity contribution in [3.05, 3.63) is 45.4 Å². The Morgan fingerprint density at radius 2 is 1.90 bits per heavy atom. The molecule has 1 saturated heterocycles. The molecule has 158 valence electrons. The van der Waals surface area contributed by atoms with Gasteiger partial charge in [0, 0.05) is 31.6 Å². The van der Waals surface area contributed by atoms with Crippen molar-refractivity contribution in [2.45, 2.75) is 51.1 Å². The molecule has 1 aromatic heterocycles. The molecule has 7 nitrogen and oxygen atoms in total. The highest BCUT2D eigenvalue weighted by atomic mass is 32.2. The van der Waals surface area contributed by atoms with Crippen LogP contribution in [-0.4, -0.2) is 43.8 Å². The predicted molar refractivity (Wildman–Crippen MR) is 118 cm³/mol. The van der Waals surface area contributed by atoms with E-state index in [0.717, 1.165) is 35.5 Å². The summed E-state index contributed by atoms with van der Waals surface area (Å²) in [5.74, 6) is 0.666. The maximum atomic E-state index is 12.9. The Morgan fingerprint density at radius 3 is 2.55 bits per heavy atom. The number of aromatic nitrogens is 1. The minimum Gasteiger partial charge on any atom is -0.352 e. The molecule has 1 aliphatic rings. The Morgan fingerprint density at radius 1 is 1.17 bits per heavy atom. The molecule has 0 bridgehead atoms. The fourth-order valence-corrected chi connectivity index (χ4v) is 5.84. The number of thiazole rings is 1. The molecule has 0 saturated carbocycles. The molecule has 1 aliphatic heterocycles. The molecule has 29 heavy (non-hydrogen) atoms. The summed E-state index contributed by atoms with van der Waals surface area (Å²) in [5, 5.41) is 7.59. The number of guanidine groups is 1. The zero-order valence-corrected chi connectivity index (χ0v) is 18.9. The largest absolute Gasteiger partial charge is 0.352 e. The van der Waals surface area contributed by atoms with Gasteiger partial charge in [-0.3, -0.25) is 4.99 Å². The second kappa shape index (κ2) is 9.69. The molecular weight excluding hydrogens is 406 g/mol. The van der Waals surface area contributed by atoms with E-state index in [-0.39, 0.29) is 0 Å². The lowest BCUT2D eigenvalue weighted by Gasteiger charge is -2.26. The van der Waals surface area contributed by atoms with Crippen LogP contribution in [0, 0.1) is 13.8 Å². The van der Waals surface area contributed by atoms with Gasteiger partial charge in [0.25, 0.3) is 0 Å². The monoisotopic (exact) mass is 435 g/mol. The third kappa shape index (κ3) is 5.55. The van der Waals surface area contributed by atoms with Crippen molar-refractivity contribution in [2.24, 2.45) is 4.99 Å². The van der Waals surface area contributed by atoms with E-state index < -0.39 is 10.0 Å². The van der Waals surface area contributed by atoms with Crippen LogP contribution >= 0.6 is 11.3 Å². The molecule has 0 spiro atoms. The molecule has 0 aliphatic carbocycles. The fraction of sp³-hybridized carbons (Fsp3) is 0.500. The van der Waals surface area contributed by atoms with Gasteiger partial charge in [-0.2, -0.15) is 4.31 Å². The Hall–Kier alpha value is -1.97. The third-order valence-electron chi connectivity index (χ3n) is 4.95. The number of rotatable bonds is 6. The van der Waals surface area contributed by atoms with Gasteiger partial charge in [0.15, 0.2) is 5.96 Å². The lowest BCUT2D eigenvalue weighted by atomic mass is 10.2. The van der Waals surface area contributed by atoms with E-state index in [1.165, 1.54) is 4.88 Å². The normalized spacial score (nSPS) is 16.0. The van der Waals surface area contributed by atoms with Crippen LogP contribution in [0.15, 0.2) is 34.2 Å². The zero-order valence-electron chi connectivity index (χ0n) is 17.2. The predicted octanol–water partition coefficient (Wildman–Crippen LogP) is 2.80. The Balaban J connectivity index is 1.61. The van der Waals surface area contributed by atoms with Crippen LogP contribution in [0.4, 0.5) is 0 Å². The first-order valence-corrected chi connectivity index (χ1v) is 12.1. The van der Waals surface area contributed by atoms with E-state index in [0.29, 0.717) is 37.0 Å². The summed E-state index contributed by atoms with van der Waals surface area (Å²) in [7, 11) is -1.70. The topological polar surface area (TPSA) is 86.7 Å². The van der Waals surface area contributed by atoms with Gasteiger partial charge < -0.3 is 10.6 Å². The summed E-state index contributed by atoms with van der Waals surface area (Å²) in [5.41, 5.74) is 1.93. The van der Waals surface area contributed by atoms with Gasteiger partial charge in [-0.15, -0.1) is 11.3 Å². The molecule has 1 aromatic carbocycles. The van der Waals surface area contributed by atoms with Crippen LogP contribution in [0.25, 0.3) is 0 Å². The Kier molecular flexibility index (Phi) is 7.26. The first-order chi connectivity index (χ1) is 13.9. The number of piperidine rings is 1. The van der Waals surface area contributed by atoms with E-state index >= 15 is 0 Å². The Bertz CT molecular complexity index is 963. The summed E-state index contributed by atoms with van der Waals surface area (Å²) in [4.78, 5) is 10.2. The van der Waals surface area contributed by atoms with Crippen molar-refractivity contribution in [1.29, 1.82) is 0 Å². The minimum atomic E-state index is -3.42. The van der Waals surface area contributed by atoms with Gasteiger partial charge in [0.1, 0.15) is 0 Å². The Labute approximate surface area is 177 Å². The van der Waals surface area contributed by atoms with Gasteiger partial charge in [0.05, 0.1) is 22.1 Å². The molecule has 0 amide bonds. The standard InChI is InChI=1S/C20H29N5O2S2/c1-15-19(28-16(2)24-15)14-23-20(21-3)22-13-17-8-7-9-18(12-17)29(26,27)25-10-5-4-6-11-25/h7-9,12H,4-6,10-11,13-14H2,1-3H3,(H2,21,22,23). The molecular formula is C20H29N5O2S2.